The number of nitrogens with zero attached hydrogens (tertiary/aromatic N) is 1. The first-order valence-electron chi connectivity index (χ1n) is 15.8. The number of rotatable bonds is 10. The van der Waals surface area contributed by atoms with Crippen LogP contribution in [-0.4, -0.2) is 50.2 Å². The first-order valence-corrected chi connectivity index (χ1v) is 15.8. The van der Waals surface area contributed by atoms with E-state index in [1.807, 2.05) is 12.1 Å². The largest absolute Gasteiger partial charge is 0.493 e. The summed E-state index contributed by atoms with van der Waals surface area (Å²) in [6, 6.07) is 34.0. The maximum Gasteiger partial charge on any atom is 0.235 e. The molecule has 4 aromatic rings. The van der Waals surface area contributed by atoms with Gasteiger partial charge in [0.1, 0.15) is 16.9 Å². The smallest absolute Gasteiger partial charge is 0.235 e. The van der Waals surface area contributed by atoms with E-state index in [1.54, 1.807) is 0 Å². The summed E-state index contributed by atoms with van der Waals surface area (Å²) in [6.45, 7) is 5.00. The molecule has 43 heavy (non-hydrogen) atoms. The number of likely N-dealkylation sites (tertiary alicyclic amines) is 1. The lowest BCUT2D eigenvalue weighted by atomic mass is 9.64. The fourth-order valence-electron chi connectivity index (χ4n) is 7.41. The molecule has 0 aliphatic carbocycles. The molecule has 0 radical (unpaired) electrons. The molecule has 0 bridgehead atoms. The molecule has 5 nitrogen and oxygen atoms in total. The van der Waals surface area contributed by atoms with Gasteiger partial charge < -0.3 is 19.7 Å². The van der Waals surface area contributed by atoms with E-state index in [2.05, 4.69) is 95.1 Å². The van der Waals surface area contributed by atoms with Crippen LogP contribution in [0.1, 0.15) is 39.8 Å². The summed E-state index contributed by atoms with van der Waals surface area (Å²) in [6.07, 6.45) is 4.73. The minimum absolute atomic E-state index is 0.0971. The third kappa shape index (κ3) is 5.54. The van der Waals surface area contributed by atoms with Crippen LogP contribution in [0.2, 0.25) is 0 Å². The summed E-state index contributed by atoms with van der Waals surface area (Å²) in [7, 11) is 0. The van der Waals surface area contributed by atoms with E-state index < -0.39 is 5.41 Å². The molecule has 1 amide bonds. The van der Waals surface area contributed by atoms with Crippen LogP contribution in [-0.2, 0) is 35.9 Å². The van der Waals surface area contributed by atoms with Crippen LogP contribution < -0.4 is 14.8 Å². The van der Waals surface area contributed by atoms with Gasteiger partial charge in [-0.05, 0) is 77.2 Å². The van der Waals surface area contributed by atoms with Crippen molar-refractivity contribution in [3.8, 4) is 11.5 Å². The van der Waals surface area contributed by atoms with Crippen molar-refractivity contribution in [1.29, 1.82) is 0 Å². The van der Waals surface area contributed by atoms with Crippen LogP contribution in [0.25, 0.3) is 0 Å². The molecule has 1 fully saturated rings. The van der Waals surface area contributed by atoms with Gasteiger partial charge in [0, 0.05) is 32.5 Å². The second-order valence-electron chi connectivity index (χ2n) is 12.2. The maximum atomic E-state index is 14.7. The average Bonchev–Trinajstić information content (AvgIpc) is 3.83. The molecule has 0 unspecified atom stereocenters. The summed E-state index contributed by atoms with van der Waals surface area (Å²) in [5.74, 6) is 2.29. The first kappa shape index (κ1) is 27.7. The van der Waals surface area contributed by atoms with Crippen LogP contribution in [0.4, 0.5) is 0 Å². The summed E-state index contributed by atoms with van der Waals surface area (Å²) in [5, 5.41) is 3.41. The number of amides is 1. The molecule has 0 aromatic heterocycles. The summed E-state index contributed by atoms with van der Waals surface area (Å²) < 4.78 is 11.4. The van der Waals surface area contributed by atoms with Crippen molar-refractivity contribution in [2.24, 2.45) is 5.92 Å². The van der Waals surface area contributed by atoms with Gasteiger partial charge in [0.2, 0.25) is 5.91 Å². The molecule has 0 saturated carbocycles. The van der Waals surface area contributed by atoms with Crippen LogP contribution in [0.5, 0.6) is 11.5 Å². The number of benzene rings is 4. The highest BCUT2D eigenvalue weighted by Crippen LogP contribution is 2.44. The van der Waals surface area contributed by atoms with Gasteiger partial charge in [-0.15, -0.1) is 0 Å². The van der Waals surface area contributed by atoms with Crippen molar-refractivity contribution in [3.63, 3.8) is 0 Å². The van der Waals surface area contributed by atoms with Crippen molar-refractivity contribution in [2.75, 3.05) is 39.4 Å². The van der Waals surface area contributed by atoms with E-state index in [4.69, 9.17) is 9.47 Å². The molecule has 4 aromatic carbocycles. The molecule has 3 aliphatic heterocycles. The lowest BCUT2D eigenvalue weighted by molar-refractivity contribution is -0.127. The Morgan fingerprint density at radius 1 is 0.767 bits per heavy atom. The van der Waals surface area contributed by atoms with Crippen LogP contribution in [0.3, 0.4) is 0 Å². The zero-order valence-corrected chi connectivity index (χ0v) is 24.8. The van der Waals surface area contributed by atoms with Crippen LogP contribution >= 0.6 is 0 Å². The number of ether oxygens (including phenoxy) is 2. The molecule has 3 heterocycles. The van der Waals surface area contributed by atoms with E-state index in [0.717, 1.165) is 87.6 Å². The average molecular weight is 573 g/mol. The normalized spacial score (nSPS) is 17.6. The predicted molar refractivity (Wildman–Crippen MR) is 170 cm³/mol. The van der Waals surface area contributed by atoms with Gasteiger partial charge in [-0.25, -0.2) is 0 Å². The van der Waals surface area contributed by atoms with E-state index in [0.29, 0.717) is 6.54 Å². The fourth-order valence-corrected chi connectivity index (χ4v) is 7.41. The molecule has 7 rings (SSSR count). The fraction of sp³-hybridized carbons (Fsp3) is 0.342. The first-order chi connectivity index (χ1) is 21.2. The Morgan fingerprint density at radius 2 is 1.35 bits per heavy atom. The number of hydrogen-bond acceptors (Lipinski definition) is 4. The number of hydrogen-bond donors (Lipinski definition) is 1. The topological polar surface area (TPSA) is 50.8 Å². The van der Waals surface area contributed by atoms with Crippen molar-refractivity contribution in [1.82, 2.24) is 10.2 Å². The maximum absolute atomic E-state index is 14.7. The molecule has 220 valence electrons. The monoisotopic (exact) mass is 572 g/mol. The van der Waals surface area contributed by atoms with Gasteiger partial charge in [0.15, 0.2) is 0 Å². The third-order valence-corrected chi connectivity index (χ3v) is 9.62. The van der Waals surface area contributed by atoms with Crippen molar-refractivity contribution in [2.45, 2.75) is 37.5 Å². The molecular formula is C38H40N2O3. The Hall–Kier alpha value is -4.09. The quantitative estimate of drug-likeness (QED) is 0.262. The molecule has 1 atom stereocenters. The van der Waals surface area contributed by atoms with Crippen LogP contribution in [0.15, 0.2) is 97.1 Å². The summed E-state index contributed by atoms with van der Waals surface area (Å²) >= 11 is 0. The summed E-state index contributed by atoms with van der Waals surface area (Å²) in [5.41, 5.74) is 6.56. The van der Waals surface area contributed by atoms with E-state index >= 15 is 0 Å². The standard InChI is InChI=1S/C38H40N2O3/c41-37(39-20-15-28-11-13-35-30(25-28)18-23-42-35)38(32-7-3-1-4-8-32,33-9-5-2-6-10-33)34-17-22-40(27-34)21-16-29-12-14-36-31(26-29)19-24-43-36/h1-14,25-26,34H,15-24,27H2,(H,39,41)/t34-/m1/s1. The molecule has 1 saturated heterocycles. The minimum Gasteiger partial charge on any atom is -0.493 e. The molecule has 3 aliphatic rings. The van der Waals surface area contributed by atoms with Crippen molar-refractivity contribution < 1.29 is 14.3 Å². The van der Waals surface area contributed by atoms with Gasteiger partial charge in [0.25, 0.3) is 0 Å². The molecule has 0 spiro atoms. The lowest BCUT2D eigenvalue weighted by Crippen LogP contribution is -2.51. The highest BCUT2D eigenvalue weighted by atomic mass is 16.5. The van der Waals surface area contributed by atoms with Gasteiger partial charge in [-0.2, -0.15) is 0 Å². The van der Waals surface area contributed by atoms with E-state index in [9.17, 15) is 4.79 Å². The van der Waals surface area contributed by atoms with E-state index in [1.165, 1.54) is 22.3 Å². The Bertz CT molecular complexity index is 1530. The van der Waals surface area contributed by atoms with Crippen molar-refractivity contribution >= 4 is 5.91 Å². The van der Waals surface area contributed by atoms with Gasteiger partial charge in [-0.3, -0.25) is 4.79 Å². The number of fused-ring (bicyclic) bond motifs is 2. The predicted octanol–water partition coefficient (Wildman–Crippen LogP) is 5.77. The SMILES string of the molecule is O=C(NCCc1ccc2c(c1)CCO2)C(c1ccccc1)(c1ccccc1)[C@@H]1CCN(CCc2ccc3c(c2)CCO3)C1. The van der Waals surface area contributed by atoms with Crippen molar-refractivity contribution in [3.05, 3.63) is 130 Å². The van der Waals surface area contributed by atoms with Gasteiger partial charge >= 0.3 is 0 Å². The highest BCUT2D eigenvalue weighted by molar-refractivity contribution is 5.92. The summed E-state index contributed by atoms with van der Waals surface area (Å²) in [4.78, 5) is 17.2. The van der Waals surface area contributed by atoms with Gasteiger partial charge in [0.05, 0.1) is 13.2 Å². The second-order valence-corrected chi connectivity index (χ2v) is 12.2. The molecule has 5 heteroatoms. The minimum atomic E-state index is -0.770. The third-order valence-electron chi connectivity index (χ3n) is 9.62. The van der Waals surface area contributed by atoms with E-state index in [-0.39, 0.29) is 11.8 Å². The second kappa shape index (κ2) is 12.3. The Labute approximate surface area is 254 Å². The lowest BCUT2D eigenvalue weighted by Gasteiger charge is -2.39. The van der Waals surface area contributed by atoms with Crippen LogP contribution in [0, 0.1) is 5.92 Å². The number of carbonyl (C=O) groups excluding carboxylic acids is 1. The zero-order chi connectivity index (χ0) is 29.1. The Morgan fingerprint density at radius 3 is 1.95 bits per heavy atom. The molecular weight excluding hydrogens is 532 g/mol. The highest BCUT2D eigenvalue weighted by Gasteiger charge is 2.50. The van der Waals surface area contributed by atoms with Gasteiger partial charge in [-0.1, -0.05) is 84.9 Å². The Balaban J connectivity index is 1.12. The number of carbonyl (C=O) groups is 1. The molecule has 1 N–H and O–H groups in total. The zero-order valence-electron chi connectivity index (χ0n) is 24.8. The Kier molecular flexibility index (Phi) is 7.90. The number of nitrogens with one attached hydrogen (secondary N) is 1.